The predicted molar refractivity (Wildman–Crippen MR) is 92.1 cm³/mol. The van der Waals surface area contributed by atoms with Crippen LogP contribution in [0.4, 0.5) is 0 Å². The molecule has 1 N–H and O–H groups in total. The van der Waals surface area contributed by atoms with Crippen LogP contribution in [0.1, 0.15) is 46.3 Å². The van der Waals surface area contributed by atoms with E-state index in [1.807, 2.05) is 13.0 Å². The van der Waals surface area contributed by atoms with Gasteiger partial charge in [0.1, 0.15) is 0 Å². The normalized spacial score (nSPS) is 12.0. The van der Waals surface area contributed by atoms with Crippen LogP contribution in [0, 0.1) is 27.7 Å². The molecule has 0 radical (unpaired) electrons. The molecule has 0 aliphatic heterocycles. The second-order valence-electron chi connectivity index (χ2n) is 6.26. The predicted octanol–water partition coefficient (Wildman–Crippen LogP) is 4.34. The Bertz CT molecular complexity index is 688. The van der Waals surface area contributed by atoms with Crippen LogP contribution < -0.4 is 5.32 Å². The number of amides is 1. The van der Waals surface area contributed by atoms with Crippen molar-refractivity contribution in [2.75, 3.05) is 0 Å². The number of nitrogens with one attached hydrogen (secondary N) is 1. The van der Waals surface area contributed by atoms with Gasteiger partial charge in [-0.25, -0.2) is 0 Å². The Labute approximate surface area is 133 Å². The molecule has 1 unspecified atom stereocenters. The average molecular weight is 295 g/mol. The highest BCUT2D eigenvalue weighted by Gasteiger charge is 2.13. The molecule has 2 heteroatoms. The summed E-state index contributed by atoms with van der Waals surface area (Å²) in [5.74, 6) is 0.0698. The summed E-state index contributed by atoms with van der Waals surface area (Å²) >= 11 is 0. The number of hydrogen-bond donors (Lipinski definition) is 1. The number of aryl methyl sites for hydroxylation is 4. The molecule has 0 heterocycles. The quantitative estimate of drug-likeness (QED) is 0.893. The highest BCUT2D eigenvalue weighted by molar-refractivity contribution is 5.79. The zero-order valence-electron chi connectivity index (χ0n) is 14.2. The smallest absolute Gasteiger partial charge is 0.224 e. The topological polar surface area (TPSA) is 29.1 Å². The lowest BCUT2D eigenvalue weighted by molar-refractivity contribution is -0.121. The maximum absolute atomic E-state index is 12.3. The lowest BCUT2D eigenvalue weighted by atomic mass is 9.99. The van der Waals surface area contributed by atoms with E-state index in [0.29, 0.717) is 6.42 Å². The average Bonchev–Trinajstić information content (AvgIpc) is 2.44. The molecule has 2 aromatic carbocycles. The summed E-state index contributed by atoms with van der Waals surface area (Å²) in [6.07, 6.45) is 0.432. The molecule has 1 amide bonds. The molecule has 116 valence electrons. The third-order valence-electron chi connectivity index (χ3n) is 4.13. The first kappa shape index (κ1) is 16.3. The highest BCUT2D eigenvalue weighted by Crippen LogP contribution is 2.19. The van der Waals surface area contributed by atoms with Crippen molar-refractivity contribution in [2.24, 2.45) is 0 Å². The van der Waals surface area contributed by atoms with Crippen molar-refractivity contribution in [3.05, 3.63) is 69.8 Å². The minimum Gasteiger partial charge on any atom is -0.349 e. The van der Waals surface area contributed by atoms with E-state index in [2.05, 4.69) is 63.3 Å². The SMILES string of the molecule is Cc1ccc(CC(=O)NC(C)c2cc(C)ccc2C)c(C)c1. The van der Waals surface area contributed by atoms with Crippen molar-refractivity contribution in [1.29, 1.82) is 0 Å². The molecular weight excluding hydrogens is 270 g/mol. The van der Waals surface area contributed by atoms with Crippen LogP contribution in [-0.2, 0) is 11.2 Å². The van der Waals surface area contributed by atoms with Gasteiger partial charge in [0.25, 0.3) is 0 Å². The van der Waals surface area contributed by atoms with E-state index in [9.17, 15) is 4.79 Å². The van der Waals surface area contributed by atoms with E-state index in [4.69, 9.17) is 0 Å². The zero-order chi connectivity index (χ0) is 16.3. The van der Waals surface area contributed by atoms with Gasteiger partial charge in [0.2, 0.25) is 5.91 Å². The zero-order valence-corrected chi connectivity index (χ0v) is 14.2. The maximum atomic E-state index is 12.3. The Balaban J connectivity index is 2.06. The molecule has 0 fully saturated rings. The van der Waals surface area contributed by atoms with Crippen LogP contribution in [0.25, 0.3) is 0 Å². The van der Waals surface area contributed by atoms with Gasteiger partial charge >= 0.3 is 0 Å². The Kier molecular flexibility index (Phi) is 5.02. The molecule has 2 rings (SSSR count). The molecule has 22 heavy (non-hydrogen) atoms. The third-order valence-corrected chi connectivity index (χ3v) is 4.13. The van der Waals surface area contributed by atoms with Crippen molar-refractivity contribution in [1.82, 2.24) is 5.32 Å². The third kappa shape index (κ3) is 3.97. The van der Waals surface area contributed by atoms with E-state index in [1.54, 1.807) is 0 Å². The molecule has 1 atom stereocenters. The van der Waals surface area contributed by atoms with Crippen LogP contribution in [0.15, 0.2) is 36.4 Å². The van der Waals surface area contributed by atoms with Crippen molar-refractivity contribution in [3.63, 3.8) is 0 Å². The Morgan fingerprint density at radius 1 is 0.955 bits per heavy atom. The standard InChI is InChI=1S/C20H25NO/c1-13-7-9-18(16(4)10-13)12-20(22)21-17(5)19-11-14(2)6-8-15(19)3/h6-11,17H,12H2,1-5H3,(H,21,22). The van der Waals surface area contributed by atoms with Gasteiger partial charge in [-0.1, -0.05) is 47.5 Å². The van der Waals surface area contributed by atoms with E-state index < -0.39 is 0 Å². The Morgan fingerprint density at radius 2 is 1.59 bits per heavy atom. The van der Waals surface area contributed by atoms with E-state index in [-0.39, 0.29) is 11.9 Å². The first-order chi connectivity index (χ1) is 10.4. The molecule has 0 bridgehead atoms. The van der Waals surface area contributed by atoms with Gasteiger partial charge in [-0.05, 0) is 56.9 Å². The monoisotopic (exact) mass is 295 g/mol. The van der Waals surface area contributed by atoms with E-state index in [1.165, 1.54) is 27.8 Å². The molecule has 2 nitrogen and oxygen atoms in total. The van der Waals surface area contributed by atoms with Crippen LogP contribution in [0.3, 0.4) is 0 Å². The fourth-order valence-electron chi connectivity index (χ4n) is 2.81. The Hall–Kier alpha value is -2.09. The number of benzene rings is 2. The summed E-state index contributed by atoms with van der Waals surface area (Å²) in [7, 11) is 0. The number of rotatable bonds is 4. The summed E-state index contributed by atoms with van der Waals surface area (Å²) < 4.78 is 0. The minimum absolute atomic E-state index is 0.0261. The lowest BCUT2D eigenvalue weighted by Crippen LogP contribution is -2.28. The van der Waals surface area contributed by atoms with Crippen molar-refractivity contribution in [3.8, 4) is 0 Å². The van der Waals surface area contributed by atoms with Crippen molar-refractivity contribution >= 4 is 5.91 Å². The summed E-state index contributed by atoms with van der Waals surface area (Å²) in [4.78, 5) is 12.3. The molecule has 0 spiro atoms. The maximum Gasteiger partial charge on any atom is 0.224 e. The lowest BCUT2D eigenvalue weighted by Gasteiger charge is -2.18. The van der Waals surface area contributed by atoms with E-state index in [0.717, 1.165) is 5.56 Å². The molecule has 0 saturated carbocycles. The van der Waals surface area contributed by atoms with Gasteiger partial charge in [-0.2, -0.15) is 0 Å². The molecule has 2 aromatic rings. The minimum atomic E-state index is 0.0261. The van der Waals surface area contributed by atoms with Crippen LogP contribution in [-0.4, -0.2) is 5.91 Å². The second-order valence-corrected chi connectivity index (χ2v) is 6.26. The summed E-state index contributed by atoms with van der Waals surface area (Å²) in [5.41, 5.74) is 7.12. The first-order valence-electron chi connectivity index (χ1n) is 7.79. The fourth-order valence-corrected chi connectivity index (χ4v) is 2.81. The van der Waals surface area contributed by atoms with Crippen molar-refractivity contribution < 1.29 is 4.79 Å². The largest absolute Gasteiger partial charge is 0.349 e. The van der Waals surface area contributed by atoms with Crippen LogP contribution in [0.2, 0.25) is 0 Å². The molecule has 0 aliphatic carbocycles. The van der Waals surface area contributed by atoms with Gasteiger partial charge in [-0.3, -0.25) is 4.79 Å². The fraction of sp³-hybridized carbons (Fsp3) is 0.350. The number of carbonyl (C=O) groups excluding carboxylic acids is 1. The number of hydrogen-bond acceptors (Lipinski definition) is 1. The van der Waals surface area contributed by atoms with Gasteiger partial charge in [0.05, 0.1) is 12.5 Å². The summed E-state index contributed by atoms with van der Waals surface area (Å²) in [6.45, 7) is 10.3. The summed E-state index contributed by atoms with van der Waals surface area (Å²) in [5, 5.41) is 3.12. The summed E-state index contributed by atoms with van der Waals surface area (Å²) in [6, 6.07) is 12.6. The van der Waals surface area contributed by atoms with Gasteiger partial charge in [0, 0.05) is 0 Å². The van der Waals surface area contributed by atoms with Crippen LogP contribution in [0.5, 0.6) is 0 Å². The second kappa shape index (κ2) is 6.78. The molecule has 0 aliphatic rings. The molecular formula is C20H25NO. The molecule has 0 saturated heterocycles. The van der Waals surface area contributed by atoms with Gasteiger partial charge < -0.3 is 5.32 Å². The van der Waals surface area contributed by atoms with E-state index >= 15 is 0 Å². The number of carbonyl (C=O) groups is 1. The van der Waals surface area contributed by atoms with Gasteiger partial charge in [0.15, 0.2) is 0 Å². The highest BCUT2D eigenvalue weighted by atomic mass is 16.1. The Morgan fingerprint density at radius 3 is 2.27 bits per heavy atom. The van der Waals surface area contributed by atoms with Crippen molar-refractivity contribution in [2.45, 2.75) is 47.1 Å². The van der Waals surface area contributed by atoms with Gasteiger partial charge in [-0.15, -0.1) is 0 Å². The molecule has 0 aromatic heterocycles. The first-order valence-corrected chi connectivity index (χ1v) is 7.79. The van der Waals surface area contributed by atoms with Crippen LogP contribution >= 0.6 is 0 Å².